The Balaban J connectivity index is -0.000000242. The van der Waals surface area contributed by atoms with E-state index < -0.39 is 0 Å². The first kappa shape index (κ1) is 22.3. The molecular formula is C13H28ClPPd. The van der Waals surface area contributed by atoms with Crippen molar-refractivity contribution in [1.29, 1.82) is 0 Å². The Morgan fingerprint density at radius 1 is 1.00 bits per heavy atom. The third-order valence-electron chi connectivity index (χ3n) is 1.98. The standard InChI is InChI=1S/C9H21P.C4H7.ClH.Pd/c1-7(2)10(8(3)4)9(5)6;1-4(2)3;;/h7-9H,1-6H3;1-2H2,3H3;1H;/q;;;+1/p-1. The molecule has 102 valence electrons. The molecule has 0 heterocycles. The molecule has 16 heavy (non-hydrogen) atoms. The van der Waals surface area contributed by atoms with Gasteiger partial charge in [-0.2, -0.15) is 0 Å². The van der Waals surface area contributed by atoms with Gasteiger partial charge < -0.3 is 12.4 Å². The molecule has 0 aromatic heterocycles. The van der Waals surface area contributed by atoms with E-state index in [1.165, 1.54) is 5.57 Å². The maximum atomic E-state index is 3.64. The summed E-state index contributed by atoms with van der Waals surface area (Å²) in [6.07, 6.45) is 0. The van der Waals surface area contributed by atoms with Crippen molar-refractivity contribution >= 4 is 7.92 Å². The van der Waals surface area contributed by atoms with Crippen LogP contribution in [0.15, 0.2) is 12.2 Å². The molecule has 0 rings (SSSR count). The largest absolute Gasteiger partial charge is 1.00 e. The normalized spacial score (nSPS) is 10.3. The summed E-state index contributed by atoms with van der Waals surface area (Å²) in [4.78, 5) is 0.961. The van der Waals surface area contributed by atoms with Crippen LogP contribution in [0.1, 0.15) is 48.5 Å². The predicted molar refractivity (Wildman–Crippen MR) is 71.9 cm³/mol. The summed E-state index contributed by atoms with van der Waals surface area (Å²) in [5.41, 5.74) is 3.88. The molecule has 0 fully saturated rings. The first-order chi connectivity index (χ1) is 6.73. The summed E-state index contributed by atoms with van der Waals surface area (Å²) < 4.78 is 0. The summed E-state index contributed by atoms with van der Waals surface area (Å²) in [7, 11) is 0.262. The quantitative estimate of drug-likeness (QED) is 0.411. The van der Waals surface area contributed by atoms with E-state index in [-0.39, 0.29) is 20.3 Å². The van der Waals surface area contributed by atoms with E-state index in [4.69, 9.17) is 0 Å². The van der Waals surface area contributed by atoms with Crippen LogP contribution >= 0.6 is 7.92 Å². The summed E-state index contributed by atoms with van der Waals surface area (Å²) in [5, 5.41) is 0. The van der Waals surface area contributed by atoms with Crippen LogP contribution in [-0.4, -0.2) is 17.0 Å². The average molecular weight is 357 g/mol. The van der Waals surface area contributed by atoms with Crippen LogP contribution in [0.5, 0.6) is 0 Å². The molecule has 0 atom stereocenters. The van der Waals surface area contributed by atoms with Crippen LogP contribution in [0.25, 0.3) is 0 Å². The van der Waals surface area contributed by atoms with E-state index in [2.05, 4.69) is 67.3 Å². The Bertz CT molecular complexity index is 148. The van der Waals surface area contributed by atoms with E-state index in [0.29, 0.717) is 0 Å². The Morgan fingerprint density at radius 2 is 1.19 bits per heavy atom. The van der Waals surface area contributed by atoms with E-state index in [1.807, 2.05) is 6.92 Å². The van der Waals surface area contributed by atoms with Gasteiger partial charge in [-0.05, 0) is 17.0 Å². The molecule has 0 amide bonds. The molecule has 3 heteroatoms. The molecule has 0 aliphatic rings. The minimum absolute atomic E-state index is 0. The number of hydrogen-bond acceptors (Lipinski definition) is 0. The molecule has 0 aromatic rings. The van der Waals surface area contributed by atoms with Crippen molar-refractivity contribution in [1.82, 2.24) is 0 Å². The van der Waals surface area contributed by atoms with Crippen molar-refractivity contribution in [2.75, 3.05) is 0 Å². The van der Waals surface area contributed by atoms with Gasteiger partial charge in [0, 0.05) is 0 Å². The molecule has 0 nitrogen and oxygen atoms in total. The van der Waals surface area contributed by atoms with Gasteiger partial charge in [-0.15, -0.1) is 0 Å². The molecular weight excluding hydrogens is 329 g/mol. The fraction of sp³-hybridized carbons (Fsp3) is 0.846. The molecule has 0 aromatic carbocycles. The Kier molecular flexibility index (Phi) is 17.5. The minimum Gasteiger partial charge on any atom is -1.00 e. The third-order valence-corrected chi connectivity index (χ3v) is 6.50. The van der Waals surface area contributed by atoms with Gasteiger partial charge in [0.15, 0.2) is 0 Å². The van der Waals surface area contributed by atoms with Gasteiger partial charge in [0.2, 0.25) is 0 Å². The summed E-state index contributed by atoms with van der Waals surface area (Å²) in [5.74, 6) is 0. The Labute approximate surface area is 122 Å². The second kappa shape index (κ2) is 12.6. The molecule has 0 aliphatic carbocycles. The van der Waals surface area contributed by atoms with Gasteiger partial charge in [0.1, 0.15) is 0 Å². The van der Waals surface area contributed by atoms with Gasteiger partial charge in [0.25, 0.3) is 0 Å². The van der Waals surface area contributed by atoms with E-state index >= 15 is 0 Å². The van der Waals surface area contributed by atoms with Crippen molar-refractivity contribution in [2.24, 2.45) is 0 Å². The fourth-order valence-electron chi connectivity index (χ4n) is 1.79. The zero-order valence-corrected chi connectivity index (χ0v) is 15.0. The first-order valence-electron chi connectivity index (χ1n) is 5.67. The van der Waals surface area contributed by atoms with Crippen molar-refractivity contribution < 1.29 is 31.6 Å². The average Bonchev–Trinajstić information content (AvgIpc) is 2.02. The molecule has 0 bridgehead atoms. The Morgan fingerprint density at radius 3 is 1.19 bits per heavy atom. The molecule has 0 unspecified atom stereocenters. The van der Waals surface area contributed by atoms with Crippen LogP contribution in [0.2, 0.25) is 4.89 Å². The van der Waals surface area contributed by atoms with Gasteiger partial charge >= 0.3 is 43.2 Å². The second-order valence-electron chi connectivity index (χ2n) is 4.80. The van der Waals surface area contributed by atoms with E-state index in [0.717, 1.165) is 21.9 Å². The molecule has 0 spiro atoms. The third kappa shape index (κ3) is 13.2. The maximum absolute atomic E-state index is 3.64. The summed E-state index contributed by atoms with van der Waals surface area (Å²) >= 11 is 2.99. The monoisotopic (exact) mass is 356 g/mol. The SMILES string of the molecule is C=C(C)[CH2][Pd+].CC(C)P(C(C)C)C(C)C.[Cl-]. The topological polar surface area (TPSA) is 0 Å². The number of allylic oxidation sites excluding steroid dienone is 1. The summed E-state index contributed by atoms with van der Waals surface area (Å²) in [6.45, 7) is 19.7. The predicted octanol–water partition coefficient (Wildman–Crippen LogP) is 2.23. The number of hydrogen-bond donors (Lipinski definition) is 0. The van der Waals surface area contributed by atoms with Gasteiger partial charge in [-0.1, -0.05) is 49.5 Å². The van der Waals surface area contributed by atoms with E-state index in [1.54, 1.807) is 0 Å². The molecule has 0 N–H and O–H groups in total. The van der Waals surface area contributed by atoms with E-state index in [9.17, 15) is 0 Å². The van der Waals surface area contributed by atoms with Crippen molar-refractivity contribution in [3.63, 3.8) is 0 Å². The van der Waals surface area contributed by atoms with Crippen LogP contribution in [0.3, 0.4) is 0 Å². The van der Waals surface area contributed by atoms with Crippen LogP contribution < -0.4 is 12.4 Å². The van der Waals surface area contributed by atoms with Crippen LogP contribution in [0.4, 0.5) is 0 Å². The number of halogens is 1. The van der Waals surface area contributed by atoms with Crippen molar-refractivity contribution in [3.8, 4) is 0 Å². The van der Waals surface area contributed by atoms with Crippen molar-refractivity contribution in [2.45, 2.75) is 70.3 Å². The molecule has 0 saturated heterocycles. The van der Waals surface area contributed by atoms with Gasteiger partial charge in [0.05, 0.1) is 0 Å². The summed E-state index contributed by atoms with van der Waals surface area (Å²) in [6, 6.07) is 0. The first-order valence-corrected chi connectivity index (χ1v) is 8.32. The molecule has 0 aliphatic heterocycles. The zero-order valence-electron chi connectivity index (χ0n) is 11.8. The molecule has 0 saturated carbocycles. The minimum atomic E-state index is 0. The van der Waals surface area contributed by atoms with Gasteiger partial charge in [-0.3, -0.25) is 0 Å². The fourth-order valence-corrected chi connectivity index (χ4v) is 5.37. The number of rotatable bonds is 4. The van der Waals surface area contributed by atoms with Crippen LogP contribution in [0, 0.1) is 0 Å². The van der Waals surface area contributed by atoms with Gasteiger partial charge in [-0.25, -0.2) is 0 Å². The zero-order chi connectivity index (χ0) is 12.6. The van der Waals surface area contributed by atoms with Crippen molar-refractivity contribution in [3.05, 3.63) is 12.2 Å². The smallest absolute Gasteiger partial charge is 0.0261 e. The maximum Gasteiger partial charge on any atom is -0.0261 e. The second-order valence-corrected chi connectivity index (χ2v) is 9.34. The molecule has 0 radical (unpaired) electrons. The Hall–Kier alpha value is 1.12. The van der Waals surface area contributed by atoms with Crippen LogP contribution in [-0.2, 0) is 19.2 Å².